The van der Waals surface area contributed by atoms with E-state index < -0.39 is 11.1 Å². The van der Waals surface area contributed by atoms with Gasteiger partial charge in [0.1, 0.15) is 6.33 Å². The number of aromatic nitrogens is 2. The molecule has 1 aromatic carbocycles. The summed E-state index contributed by atoms with van der Waals surface area (Å²) < 4.78 is 21.7. The average molecular weight is 207 g/mol. The molecule has 0 aliphatic rings. The molecule has 0 radical (unpaired) electrons. The molecular weight excluding hydrogens is 200 g/mol. The molecule has 2 rings (SSSR count). The highest BCUT2D eigenvalue weighted by molar-refractivity contribution is 7.79. The Labute approximate surface area is 83.3 Å². The van der Waals surface area contributed by atoms with Crippen LogP contribution < -0.4 is 0 Å². The van der Waals surface area contributed by atoms with E-state index in [1.54, 1.807) is 12.1 Å². The molecule has 72 valence electrons. The van der Waals surface area contributed by atoms with Crippen LogP contribution in [0.15, 0.2) is 29.4 Å². The van der Waals surface area contributed by atoms with Crippen LogP contribution in [0.25, 0.3) is 10.9 Å². The van der Waals surface area contributed by atoms with Crippen LogP contribution in [0.3, 0.4) is 0 Å². The number of hydrogen-bond donors (Lipinski definition) is 0. The van der Waals surface area contributed by atoms with Crippen molar-refractivity contribution in [3.63, 3.8) is 0 Å². The molecule has 0 bridgehead atoms. The van der Waals surface area contributed by atoms with Gasteiger partial charge in [0.05, 0.1) is 10.4 Å². The smallest absolute Gasteiger partial charge is 0.116 e. The van der Waals surface area contributed by atoms with Crippen molar-refractivity contribution in [3.8, 4) is 0 Å². The van der Waals surface area contributed by atoms with E-state index in [-0.39, 0.29) is 4.90 Å². The summed E-state index contributed by atoms with van der Waals surface area (Å²) in [5.41, 5.74) is 1.26. The summed E-state index contributed by atoms with van der Waals surface area (Å²) in [6.45, 7) is 1.82. The predicted molar refractivity (Wildman–Crippen MR) is 51.5 cm³/mol. The monoisotopic (exact) mass is 207 g/mol. The molecule has 0 saturated heterocycles. The summed E-state index contributed by atoms with van der Waals surface area (Å²) in [5, 5.41) is 0.772. The zero-order chi connectivity index (χ0) is 10.1. The fraction of sp³-hybridized carbons (Fsp3) is 0.111. The highest BCUT2D eigenvalue weighted by Gasteiger charge is 2.04. The lowest BCUT2D eigenvalue weighted by Crippen LogP contribution is -1.94. The molecule has 1 heterocycles. The Morgan fingerprint density at radius 1 is 1.36 bits per heavy atom. The fourth-order valence-corrected chi connectivity index (χ4v) is 1.83. The molecule has 14 heavy (non-hydrogen) atoms. The first-order chi connectivity index (χ1) is 6.70. The van der Waals surface area contributed by atoms with E-state index in [0.717, 1.165) is 11.1 Å². The van der Waals surface area contributed by atoms with Gasteiger partial charge in [-0.05, 0) is 24.1 Å². The molecule has 1 atom stereocenters. The number of rotatable bonds is 1. The van der Waals surface area contributed by atoms with Gasteiger partial charge in [-0.25, -0.2) is 9.97 Å². The van der Waals surface area contributed by atoms with Gasteiger partial charge in [0.15, 0.2) is 0 Å². The Balaban J connectivity index is 2.88. The molecule has 1 aromatic heterocycles. The SMILES string of the molecule is Cc1ncnc2c(S(=O)[O-])cccc12. The Kier molecular flexibility index (Phi) is 2.26. The van der Waals surface area contributed by atoms with E-state index in [4.69, 9.17) is 0 Å². The molecular formula is C9H7N2O2S-. The van der Waals surface area contributed by atoms with Crippen LogP contribution in [-0.4, -0.2) is 18.7 Å². The molecule has 2 aromatic rings. The van der Waals surface area contributed by atoms with E-state index in [0.29, 0.717) is 5.52 Å². The lowest BCUT2D eigenvalue weighted by atomic mass is 10.2. The highest BCUT2D eigenvalue weighted by Crippen LogP contribution is 2.19. The van der Waals surface area contributed by atoms with Crippen molar-refractivity contribution in [1.29, 1.82) is 0 Å². The van der Waals surface area contributed by atoms with Crippen LogP contribution in [0.5, 0.6) is 0 Å². The van der Waals surface area contributed by atoms with Crippen molar-refractivity contribution in [2.24, 2.45) is 0 Å². The number of para-hydroxylation sites is 1. The number of hydrogen-bond acceptors (Lipinski definition) is 4. The molecule has 0 aliphatic heterocycles. The first-order valence-electron chi connectivity index (χ1n) is 4.00. The third-order valence-electron chi connectivity index (χ3n) is 2.01. The van der Waals surface area contributed by atoms with Gasteiger partial charge in [0.2, 0.25) is 0 Å². The van der Waals surface area contributed by atoms with Gasteiger partial charge in [0.25, 0.3) is 0 Å². The third-order valence-corrected chi connectivity index (χ3v) is 2.70. The van der Waals surface area contributed by atoms with E-state index >= 15 is 0 Å². The predicted octanol–water partition coefficient (Wildman–Crippen LogP) is 1.18. The normalized spacial score (nSPS) is 13.0. The maximum Gasteiger partial charge on any atom is 0.116 e. The average Bonchev–Trinajstić information content (AvgIpc) is 2.17. The van der Waals surface area contributed by atoms with Crippen molar-refractivity contribution < 1.29 is 8.76 Å². The van der Waals surface area contributed by atoms with E-state index in [2.05, 4.69) is 9.97 Å². The van der Waals surface area contributed by atoms with E-state index in [9.17, 15) is 8.76 Å². The third kappa shape index (κ3) is 1.40. The number of benzene rings is 1. The summed E-state index contributed by atoms with van der Waals surface area (Å²) in [4.78, 5) is 8.17. The van der Waals surface area contributed by atoms with E-state index in [1.807, 2.05) is 6.92 Å². The maximum absolute atomic E-state index is 10.9. The molecule has 0 N–H and O–H groups in total. The van der Waals surface area contributed by atoms with Crippen LogP contribution >= 0.6 is 0 Å². The number of aryl methyl sites for hydroxylation is 1. The molecule has 5 heteroatoms. The van der Waals surface area contributed by atoms with Gasteiger partial charge >= 0.3 is 0 Å². The molecule has 4 nitrogen and oxygen atoms in total. The van der Waals surface area contributed by atoms with Gasteiger partial charge in [-0.15, -0.1) is 0 Å². The van der Waals surface area contributed by atoms with Gasteiger partial charge in [0, 0.05) is 11.1 Å². The van der Waals surface area contributed by atoms with Crippen molar-refractivity contribution in [3.05, 3.63) is 30.2 Å². The second-order valence-electron chi connectivity index (χ2n) is 2.85. The lowest BCUT2D eigenvalue weighted by Gasteiger charge is -2.08. The Bertz CT molecular complexity index is 513. The maximum atomic E-state index is 10.9. The summed E-state index contributed by atoms with van der Waals surface area (Å²) in [7, 11) is 0. The molecule has 0 spiro atoms. The van der Waals surface area contributed by atoms with Gasteiger partial charge < -0.3 is 4.55 Å². The molecule has 1 unspecified atom stereocenters. The first-order valence-corrected chi connectivity index (χ1v) is 5.07. The minimum absolute atomic E-state index is 0.216. The summed E-state index contributed by atoms with van der Waals surface area (Å²) >= 11 is -2.25. The summed E-state index contributed by atoms with van der Waals surface area (Å²) in [6, 6.07) is 5.02. The molecule has 0 saturated carbocycles. The zero-order valence-electron chi connectivity index (χ0n) is 7.43. The largest absolute Gasteiger partial charge is 0.768 e. The Morgan fingerprint density at radius 3 is 2.86 bits per heavy atom. The van der Waals surface area contributed by atoms with Gasteiger partial charge in [-0.3, -0.25) is 4.21 Å². The summed E-state index contributed by atoms with van der Waals surface area (Å²) in [6.07, 6.45) is 1.37. The van der Waals surface area contributed by atoms with Crippen LogP contribution in [0, 0.1) is 6.92 Å². The number of nitrogens with zero attached hydrogens (tertiary/aromatic N) is 2. The zero-order valence-corrected chi connectivity index (χ0v) is 8.25. The lowest BCUT2D eigenvalue weighted by molar-refractivity contribution is 0.538. The summed E-state index contributed by atoms with van der Waals surface area (Å²) in [5.74, 6) is 0. The Hall–Kier alpha value is -1.33. The first kappa shape index (κ1) is 9.23. The van der Waals surface area contributed by atoms with Crippen molar-refractivity contribution in [2.45, 2.75) is 11.8 Å². The van der Waals surface area contributed by atoms with Gasteiger partial charge in [-0.1, -0.05) is 12.1 Å². The second kappa shape index (κ2) is 3.43. The topological polar surface area (TPSA) is 65.9 Å². The van der Waals surface area contributed by atoms with Crippen molar-refractivity contribution in [1.82, 2.24) is 9.97 Å². The molecule has 0 aliphatic carbocycles. The second-order valence-corrected chi connectivity index (χ2v) is 3.76. The number of fused-ring (bicyclic) bond motifs is 1. The molecule has 0 fully saturated rings. The molecule has 0 amide bonds. The van der Waals surface area contributed by atoms with E-state index in [1.165, 1.54) is 12.4 Å². The van der Waals surface area contributed by atoms with Crippen molar-refractivity contribution >= 4 is 22.0 Å². The highest BCUT2D eigenvalue weighted by atomic mass is 32.2. The Morgan fingerprint density at radius 2 is 2.14 bits per heavy atom. The van der Waals surface area contributed by atoms with Crippen LogP contribution in [0.1, 0.15) is 5.69 Å². The van der Waals surface area contributed by atoms with Crippen LogP contribution in [0.2, 0.25) is 0 Å². The minimum Gasteiger partial charge on any atom is -0.768 e. The quantitative estimate of drug-likeness (QED) is 0.658. The standard InChI is InChI=1S/C9H8N2O2S/c1-6-7-3-2-4-8(14(12)13)9(7)11-5-10-6/h2-5H,1H3,(H,12,13)/p-1. The van der Waals surface area contributed by atoms with Gasteiger partial charge in [-0.2, -0.15) is 0 Å². The van der Waals surface area contributed by atoms with Crippen molar-refractivity contribution in [2.75, 3.05) is 0 Å². The fourth-order valence-electron chi connectivity index (χ4n) is 1.32. The minimum atomic E-state index is -2.25. The van der Waals surface area contributed by atoms with Crippen LogP contribution in [-0.2, 0) is 11.1 Å². The van der Waals surface area contributed by atoms with Crippen LogP contribution in [0.4, 0.5) is 0 Å².